The van der Waals surface area contributed by atoms with Gasteiger partial charge in [-0.15, -0.1) is 0 Å². The highest BCUT2D eigenvalue weighted by Gasteiger charge is 2.15. The first-order chi connectivity index (χ1) is 7.55. The van der Waals surface area contributed by atoms with Gasteiger partial charge < -0.3 is 9.47 Å². The van der Waals surface area contributed by atoms with Crippen molar-refractivity contribution in [2.24, 2.45) is 5.14 Å². The number of ether oxygens (including phenoxy) is 2. The number of nitrogens with zero attached hydrogens (tertiary/aromatic N) is 1. The number of rotatable bonds is 6. The van der Waals surface area contributed by atoms with E-state index in [1.165, 1.54) is 18.3 Å². The molecule has 1 aromatic heterocycles. The third-order valence-electron chi connectivity index (χ3n) is 1.77. The van der Waals surface area contributed by atoms with Crippen LogP contribution in [0.5, 0.6) is 5.88 Å². The molecule has 1 heterocycles. The summed E-state index contributed by atoms with van der Waals surface area (Å²) in [6.07, 6.45) is 2.09. The van der Waals surface area contributed by atoms with Gasteiger partial charge in [0, 0.05) is 26.3 Å². The van der Waals surface area contributed by atoms with E-state index in [0.29, 0.717) is 19.6 Å². The molecule has 1 rings (SSSR count). The molecule has 0 saturated heterocycles. The largest absolute Gasteiger partial charge is 0.477 e. The molecule has 16 heavy (non-hydrogen) atoms. The number of hydrogen-bond donors (Lipinski definition) is 1. The van der Waals surface area contributed by atoms with Crippen LogP contribution in [0.3, 0.4) is 0 Å². The Morgan fingerprint density at radius 2 is 2.19 bits per heavy atom. The first-order valence-electron chi connectivity index (χ1n) is 4.65. The molecule has 0 atom stereocenters. The molecule has 0 saturated carbocycles. The van der Waals surface area contributed by atoms with E-state index >= 15 is 0 Å². The summed E-state index contributed by atoms with van der Waals surface area (Å²) in [4.78, 5) is 3.72. The summed E-state index contributed by atoms with van der Waals surface area (Å²) in [6.45, 7) is 0.866. The molecule has 0 amide bonds. The quantitative estimate of drug-likeness (QED) is 0.721. The molecule has 6 nitrogen and oxygen atoms in total. The van der Waals surface area contributed by atoms with Gasteiger partial charge in [0.25, 0.3) is 0 Å². The number of pyridine rings is 1. The van der Waals surface area contributed by atoms with E-state index in [1.54, 1.807) is 7.11 Å². The van der Waals surface area contributed by atoms with Crippen molar-refractivity contribution in [3.05, 3.63) is 18.3 Å². The third kappa shape index (κ3) is 3.76. The highest BCUT2D eigenvalue weighted by atomic mass is 32.2. The van der Waals surface area contributed by atoms with Gasteiger partial charge in [0.2, 0.25) is 15.9 Å². The summed E-state index contributed by atoms with van der Waals surface area (Å²) in [5.74, 6) is 0.0288. The van der Waals surface area contributed by atoms with Gasteiger partial charge in [0.1, 0.15) is 4.90 Å². The lowest BCUT2D eigenvalue weighted by Gasteiger charge is -2.07. The number of sulfonamides is 1. The molecule has 0 bridgehead atoms. The van der Waals surface area contributed by atoms with Crippen LogP contribution >= 0.6 is 0 Å². The van der Waals surface area contributed by atoms with Crippen LogP contribution in [-0.4, -0.2) is 33.7 Å². The van der Waals surface area contributed by atoms with Crippen molar-refractivity contribution >= 4 is 10.0 Å². The number of methoxy groups -OCH3 is 1. The monoisotopic (exact) mass is 246 g/mol. The zero-order valence-corrected chi connectivity index (χ0v) is 9.74. The summed E-state index contributed by atoms with van der Waals surface area (Å²) in [5.41, 5.74) is 0. The summed E-state index contributed by atoms with van der Waals surface area (Å²) >= 11 is 0. The lowest BCUT2D eigenvalue weighted by atomic mass is 10.4. The molecule has 0 aliphatic heterocycles. The Bertz CT molecular complexity index is 433. The van der Waals surface area contributed by atoms with Crippen LogP contribution in [0, 0.1) is 0 Å². The second-order valence-electron chi connectivity index (χ2n) is 3.05. The maximum absolute atomic E-state index is 11.2. The van der Waals surface area contributed by atoms with Crippen molar-refractivity contribution in [2.75, 3.05) is 20.3 Å². The van der Waals surface area contributed by atoms with E-state index in [0.717, 1.165) is 0 Å². The standard InChI is InChI=1S/C9H14N2O4S/c1-14-6-3-7-15-9-8(16(10,12)13)4-2-5-11-9/h2,4-5H,3,6-7H2,1H3,(H2,10,12,13). The number of nitrogens with two attached hydrogens (primary N) is 1. The fourth-order valence-corrected chi connectivity index (χ4v) is 1.70. The number of aromatic nitrogens is 1. The van der Waals surface area contributed by atoms with Crippen LogP contribution in [0.25, 0.3) is 0 Å². The Balaban J connectivity index is 2.73. The van der Waals surface area contributed by atoms with Crippen molar-refractivity contribution in [1.82, 2.24) is 4.98 Å². The molecule has 2 N–H and O–H groups in total. The first-order valence-corrected chi connectivity index (χ1v) is 6.20. The van der Waals surface area contributed by atoms with Crippen LogP contribution in [0.4, 0.5) is 0 Å². The summed E-state index contributed by atoms with van der Waals surface area (Å²) in [6, 6.07) is 2.84. The average Bonchev–Trinajstić information content (AvgIpc) is 2.24. The molecular weight excluding hydrogens is 232 g/mol. The summed E-state index contributed by atoms with van der Waals surface area (Å²) < 4.78 is 32.4. The fraction of sp³-hybridized carbons (Fsp3) is 0.444. The summed E-state index contributed by atoms with van der Waals surface area (Å²) in [7, 11) is -2.22. The predicted octanol–water partition coefficient (Wildman–Crippen LogP) is 0.144. The molecule has 1 aromatic rings. The Hall–Kier alpha value is -1.18. The number of hydrogen-bond acceptors (Lipinski definition) is 5. The zero-order chi connectivity index (χ0) is 12.0. The smallest absolute Gasteiger partial charge is 0.243 e. The van der Waals surface area contributed by atoms with Gasteiger partial charge in [-0.05, 0) is 12.1 Å². The van der Waals surface area contributed by atoms with Crippen LogP contribution in [0.2, 0.25) is 0 Å². The molecule has 0 radical (unpaired) electrons. The minimum absolute atomic E-state index is 0.0288. The third-order valence-corrected chi connectivity index (χ3v) is 2.70. The van der Waals surface area contributed by atoms with Crippen LogP contribution in [0.15, 0.2) is 23.2 Å². The molecule has 0 unspecified atom stereocenters. The molecule has 0 spiro atoms. The van der Waals surface area contributed by atoms with Gasteiger partial charge in [-0.3, -0.25) is 0 Å². The molecular formula is C9H14N2O4S. The molecule has 0 aliphatic carbocycles. The minimum atomic E-state index is -3.79. The van der Waals surface area contributed by atoms with E-state index < -0.39 is 10.0 Å². The maximum atomic E-state index is 11.2. The summed E-state index contributed by atoms with van der Waals surface area (Å²) in [5, 5.41) is 5.02. The highest BCUT2D eigenvalue weighted by Crippen LogP contribution is 2.18. The Morgan fingerprint density at radius 3 is 2.81 bits per heavy atom. The van der Waals surface area contributed by atoms with Crippen molar-refractivity contribution in [3.63, 3.8) is 0 Å². The highest BCUT2D eigenvalue weighted by molar-refractivity contribution is 7.89. The zero-order valence-electron chi connectivity index (χ0n) is 8.92. The van der Waals surface area contributed by atoms with Crippen molar-refractivity contribution in [3.8, 4) is 5.88 Å². The molecule has 0 fully saturated rings. The SMILES string of the molecule is COCCCOc1ncccc1S(N)(=O)=O. The minimum Gasteiger partial charge on any atom is -0.477 e. The van der Waals surface area contributed by atoms with E-state index in [4.69, 9.17) is 14.6 Å². The van der Waals surface area contributed by atoms with E-state index in [-0.39, 0.29) is 10.8 Å². The van der Waals surface area contributed by atoms with E-state index in [9.17, 15) is 8.42 Å². The van der Waals surface area contributed by atoms with Gasteiger partial charge in [-0.25, -0.2) is 18.5 Å². The van der Waals surface area contributed by atoms with Gasteiger partial charge in [-0.2, -0.15) is 0 Å². The molecule has 7 heteroatoms. The van der Waals surface area contributed by atoms with Crippen molar-refractivity contribution in [1.29, 1.82) is 0 Å². The van der Waals surface area contributed by atoms with Crippen molar-refractivity contribution < 1.29 is 17.9 Å². The molecule has 0 aliphatic rings. The van der Waals surface area contributed by atoms with Crippen molar-refractivity contribution in [2.45, 2.75) is 11.3 Å². The second kappa shape index (κ2) is 5.78. The molecule has 0 aromatic carbocycles. The average molecular weight is 246 g/mol. The Kier molecular flexibility index (Phi) is 4.66. The van der Waals surface area contributed by atoms with Crippen LogP contribution in [0.1, 0.15) is 6.42 Å². The lowest BCUT2D eigenvalue weighted by Crippen LogP contribution is -2.15. The topological polar surface area (TPSA) is 91.5 Å². The van der Waals surface area contributed by atoms with Gasteiger partial charge in [0.05, 0.1) is 6.61 Å². The lowest BCUT2D eigenvalue weighted by molar-refractivity contribution is 0.169. The van der Waals surface area contributed by atoms with E-state index in [1.807, 2.05) is 0 Å². The fourth-order valence-electron chi connectivity index (χ4n) is 1.07. The second-order valence-corrected chi connectivity index (χ2v) is 4.58. The first kappa shape index (κ1) is 12.9. The molecule has 90 valence electrons. The Labute approximate surface area is 94.4 Å². The Morgan fingerprint density at radius 1 is 1.44 bits per heavy atom. The van der Waals surface area contributed by atoms with Gasteiger partial charge >= 0.3 is 0 Å². The van der Waals surface area contributed by atoms with Gasteiger partial charge in [0.15, 0.2) is 0 Å². The van der Waals surface area contributed by atoms with Crippen LogP contribution < -0.4 is 9.88 Å². The normalized spacial score (nSPS) is 11.4. The number of primary sulfonamides is 1. The van der Waals surface area contributed by atoms with E-state index in [2.05, 4.69) is 4.98 Å². The van der Waals surface area contributed by atoms with Gasteiger partial charge in [-0.1, -0.05) is 0 Å². The predicted molar refractivity (Wildman–Crippen MR) is 57.6 cm³/mol. The maximum Gasteiger partial charge on any atom is 0.243 e. The van der Waals surface area contributed by atoms with Crippen LogP contribution in [-0.2, 0) is 14.8 Å².